The molecule has 186 valence electrons. The molecule has 4 rings (SSSR count). The van der Waals surface area contributed by atoms with E-state index >= 15 is 0 Å². The number of carbonyl (C=O) groups excluding carboxylic acids is 3. The molecule has 9 nitrogen and oxygen atoms in total. The molecule has 2 aromatic carbocycles. The highest BCUT2D eigenvalue weighted by Crippen LogP contribution is 2.29. The van der Waals surface area contributed by atoms with Crippen molar-refractivity contribution in [1.82, 2.24) is 20.3 Å². The molecule has 10 heteroatoms. The van der Waals surface area contributed by atoms with Gasteiger partial charge in [-0.3, -0.25) is 9.69 Å². The molecule has 0 saturated heterocycles. The van der Waals surface area contributed by atoms with Crippen LogP contribution in [-0.2, 0) is 23.0 Å². The smallest absolute Gasteiger partial charge is 0.328 e. The fourth-order valence-electron chi connectivity index (χ4n) is 4.63. The molecule has 2 aromatic rings. The highest BCUT2D eigenvalue weighted by atomic mass is 32.2. The van der Waals surface area contributed by atoms with Gasteiger partial charge >= 0.3 is 12.1 Å². The van der Waals surface area contributed by atoms with E-state index in [9.17, 15) is 22.8 Å². The number of nitrogens with one attached hydrogen (secondary N) is 3. The van der Waals surface area contributed by atoms with Gasteiger partial charge in [0.25, 0.3) is 15.9 Å². The summed E-state index contributed by atoms with van der Waals surface area (Å²) in [5.41, 5.74) is 2.16. The van der Waals surface area contributed by atoms with Crippen LogP contribution in [0.5, 0.6) is 0 Å². The minimum atomic E-state index is -3.99. The van der Waals surface area contributed by atoms with E-state index in [2.05, 4.69) is 22.3 Å². The largest absolute Gasteiger partial charge is 0.337 e. The van der Waals surface area contributed by atoms with Crippen molar-refractivity contribution in [3.05, 3.63) is 65.2 Å². The molecule has 1 aliphatic heterocycles. The van der Waals surface area contributed by atoms with Gasteiger partial charge in [0.2, 0.25) is 0 Å². The molecule has 3 N–H and O–H groups in total. The minimum Gasteiger partial charge on any atom is -0.337 e. The molecule has 5 amide bonds. The molecule has 2 aliphatic rings. The molecule has 1 heterocycles. The van der Waals surface area contributed by atoms with E-state index in [1.165, 1.54) is 17.0 Å². The molecule has 2 unspecified atom stereocenters. The zero-order valence-corrected chi connectivity index (χ0v) is 20.4. The lowest BCUT2D eigenvalue weighted by Gasteiger charge is -2.15. The first kappa shape index (κ1) is 24.7. The number of urea groups is 2. The van der Waals surface area contributed by atoms with Crippen LogP contribution in [0.3, 0.4) is 0 Å². The summed E-state index contributed by atoms with van der Waals surface area (Å²) < 4.78 is 27.1. The number of benzene rings is 2. The molecule has 2 atom stereocenters. The second kappa shape index (κ2) is 10.5. The van der Waals surface area contributed by atoms with Gasteiger partial charge in [-0.15, -0.1) is 0 Å². The first-order chi connectivity index (χ1) is 16.7. The highest BCUT2D eigenvalue weighted by molar-refractivity contribution is 7.90. The number of hydrogen-bond acceptors (Lipinski definition) is 5. The van der Waals surface area contributed by atoms with Gasteiger partial charge in [-0.2, -0.15) is 0 Å². The van der Waals surface area contributed by atoms with Crippen molar-refractivity contribution in [2.75, 3.05) is 13.1 Å². The number of hydrogen-bond donors (Lipinski definition) is 3. The van der Waals surface area contributed by atoms with Gasteiger partial charge in [-0.1, -0.05) is 43.7 Å². The lowest BCUT2D eigenvalue weighted by atomic mass is 10.1. The number of sulfonamides is 1. The van der Waals surface area contributed by atoms with Crippen LogP contribution >= 0.6 is 0 Å². The van der Waals surface area contributed by atoms with Crippen molar-refractivity contribution in [3.63, 3.8) is 0 Å². The fourth-order valence-corrected chi connectivity index (χ4v) is 5.56. The maximum absolute atomic E-state index is 12.5. The van der Waals surface area contributed by atoms with Crippen molar-refractivity contribution < 1.29 is 22.8 Å². The SMILES string of the molecule is CC1CCC(CNC(=O)NS(=O)(=O)c2ccc(CCNC(=O)N3Cc4ccccc4C3=O)cc2)C1. The van der Waals surface area contributed by atoms with Gasteiger partial charge < -0.3 is 10.6 Å². The second-order valence-corrected chi connectivity index (χ2v) is 11.0. The Hall–Kier alpha value is -3.40. The third-order valence-electron chi connectivity index (χ3n) is 6.57. The fraction of sp³-hybridized carbons (Fsp3) is 0.400. The molecular formula is C25H30N4O5S. The van der Waals surface area contributed by atoms with Gasteiger partial charge in [-0.25, -0.2) is 22.7 Å². The lowest BCUT2D eigenvalue weighted by molar-refractivity contribution is 0.0821. The van der Waals surface area contributed by atoms with Crippen LogP contribution in [0.2, 0.25) is 0 Å². The van der Waals surface area contributed by atoms with Gasteiger partial charge in [0.05, 0.1) is 11.4 Å². The summed E-state index contributed by atoms with van der Waals surface area (Å²) in [7, 11) is -3.99. The van der Waals surface area contributed by atoms with E-state index in [0.717, 1.165) is 30.4 Å². The Balaban J connectivity index is 1.23. The highest BCUT2D eigenvalue weighted by Gasteiger charge is 2.31. The Morgan fingerprint density at radius 2 is 1.77 bits per heavy atom. The predicted octanol–water partition coefficient (Wildman–Crippen LogP) is 3.02. The maximum Gasteiger partial charge on any atom is 0.328 e. The van der Waals surface area contributed by atoms with E-state index in [1.807, 2.05) is 12.1 Å². The Labute approximate surface area is 205 Å². The zero-order valence-electron chi connectivity index (χ0n) is 19.6. The van der Waals surface area contributed by atoms with Crippen molar-refractivity contribution >= 4 is 28.0 Å². The second-order valence-electron chi connectivity index (χ2n) is 9.27. The molecule has 0 radical (unpaired) electrons. The van der Waals surface area contributed by atoms with Crippen LogP contribution in [0.15, 0.2) is 53.4 Å². The topological polar surface area (TPSA) is 125 Å². The normalized spacial score (nSPS) is 19.3. The monoisotopic (exact) mass is 498 g/mol. The van der Waals surface area contributed by atoms with Crippen LogP contribution in [0.25, 0.3) is 0 Å². The quantitative estimate of drug-likeness (QED) is 0.541. The van der Waals surface area contributed by atoms with Crippen LogP contribution in [0.1, 0.15) is 47.7 Å². The van der Waals surface area contributed by atoms with E-state index in [4.69, 9.17) is 0 Å². The molecule has 0 aromatic heterocycles. The van der Waals surface area contributed by atoms with Crippen molar-refractivity contribution in [2.24, 2.45) is 11.8 Å². The summed E-state index contributed by atoms with van der Waals surface area (Å²) in [5.74, 6) is 0.708. The zero-order chi connectivity index (χ0) is 25.0. The Bertz CT molecular complexity index is 1210. The van der Waals surface area contributed by atoms with Crippen LogP contribution in [-0.4, -0.2) is 44.4 Å². The summed E-state index contributed by atoms with van der Waals surface area (Å²) in [5, 5.41) is 5.39. The lowest BCUT2D eigenvalue weighted by Crippen LogP contribution is -2.41. The molecule has 0 bridgehead atoms. The van der Waals surface area contributed by atoms with Crippen molar-refractivity contribution in [1.29, 1.82) is 0 Å². The van der Waals surface area contributed by atoms with E-state index in [0.29, 0.717) is 30.4 Å². The van der Waals surface area contributed by atoms with Gasteiger partial charge in [0.15, 0.2) is 0 Å². The van der Waals surface area contributed by atoms with Gasteiger partial charge in [0.1, 0.15) is 0 Å². The Morgan fingerprint density at radius 1 is 1.03 bits per heavy atom. The Kier molecular flexibility index (Phi) is 7.39. The van der Waals surface area contributed by atoms with Crippen molar-refractivity contribution in [2.45, 2.75) is 44.0 Å². The summed E-state index contributed by atoms with van der Waals surface area (Å²) in [6, 6.07) is 12.0. The number of fused-ring (bicyclic) bond motifs is 1. The molecule has 1 aliphatic carbocycles. The summed E-state index contributed by atoms with van der Waals surface area (Å²) in [4.78, 5) is 38.0. The molecule has 1 saturated carbocycles. The number of rotatable bonds is 7. The third kappa shape index (κ3) is 6.00. The number of imide groups is 1. The third-order valence-corrected chi connectivity index (χ3v) is 7.92. The summed E-state index contributed by atoms with van der Waals surface area (Å²) in [6.07, 6.45) is 3.66. The summed E-state index contributed by atoms with van der Waals surface area (Å²) >= 11 is 0. The standard InChI is InChI=1S/C25H30N4O5S/c1-17-6-7-19(14-17)15-27-24(31)28-35(33,34)21-10-8-18(9-11-21)12-13-26-25(32)29-16-20-4-2-3-5-22(20)23(29)30/h2-5,8-11,17,19H,6-7,12-16H2,1H3,(H,26,32)(H2,27,28,31). The van der Waals surface area contributed by atoms with Crippen LogP contribution in [0.4, 0.5) is 9.59 Å². The molecule has 0 spiro atoms. The maximum atomic E-state index is 12.5. The Morgan fingerprint density at radius 3 is 2.46 bits per heavy atom. The van der Waals surface area contributed by atoms with E-state index < -0.39 is 22.1 Å². The van der Waals surface area contributed by atoms with E-state index in [1.54, 1.807) is 24.3 Å². The average molecular weight is 499 g/mol. The minimum absolute atomic E-state index is 0.0182. The first-order valence-electron chi connectivity index (χ1n) is 11.8. The average Bonchev–Trinajstić information content (AvgIpc) is 3.40. The van der Waals surface area contributed by atoms with Crippen LogP contribution < -0.4 is 15.4 Å². The van der Waals surface area contributed by atoms with Gasteiger partial charge in [0, 0.05) is 18.7 Å². The summed E-state index contributed by atoms with van der Waals surface area (Å²) in [6.45, 7) is 3.17. The molecule has 1 fully saturated rings. The number of carbonyl (C=O) groups is 3. The number of amides is 5. The van der Waals surface area contributed by atoms with Gasteiger partial charge in [-0.05, 0) is 60.4 Å². The van der Waals surface area contributed by atoms with Crippen molar-refractivity contribution in [3.8, 4) is 0 Å². The number of nitrogens with zero attached hydrogens (tertiary/aromatic N) is 1. The molecule has 35 heavy (non-hydrogen) atoms. The van der Waals surface area contributed by atoms with E-state index in [-0.39, 0.29) is 23.9 Å². The first-order valence-corrected chi connectivity index (χ1v) is 13.3. The van der Waals surface area contributed by atoms with Crippen LogP contribution in [0, 0.1) is 11.8 Å². The predicted molar refractivity (Wildman–Crippen MR) is 130 cm³/mol. The molecular weight excluding hydrogens is 468 g/mol.